The van der Waals surface area contributed by atoms with Gasteiger partial charge in [-0.1, -0.05) is 25.1 Å². The maximum Gasteiger partial charge on any atom is 0.152 e. The van der Waals surface area contributed by atoms with Gasteiger partial charge in [-0.15, -0.1) is 0 Å². The fourth-order valence-corrected chi connectivity index (χ4v) is 4.63. The number of rotatable bonds is 5. The molecule has 2 aromatic rings. The molecule has 0 bridgehead atoms. The van der Waals surface area contributed by atoms with Gasteiger partial charge in [0.25, 0.3) is 0 Å². The van der Waals surface area contributed by atoms with Crippen LogP contribution in [0.15, 0.2) is 30.6 Å². The number of aryl methyl sites for hydroxylation is 2. The largest absolute Gasteiger partial charge is 0.366 e. The van der Waals surface area contributed by atoms with Gasteiger partial charge in [0.2, 0.25) is 0 Å². The van der Waals surface area contributed by atoms with Crippen molar-refractivity contribution in [3.8, 4) is 0 Å². The van der Waals surface area contributed by atoms with Gasteiger partial charge in [0.15, 0.2) is 9.84 Å². The van der Waals surface area contributed by atoms with Crippen molar-refractivity contribution >= 4 is 27.2 Å². The minimum atomic E-state index is -2.91. The van der Waals surface area contributed by atoms with Gasteiger partial charge in [-0.3, -0.25) is 0 Å². The Kier molecular flexibility index (Phi) is 4.71. The maximum atomic E-state index is 11.6. The molecule has 1 fully saturated rings. The van der Waals surface area contributed by atoms with E-state index in [1.807, 2.05) is 12.1 Å². The normalized spacial score (nSPS) is 19.2. The summed E-state index contributed by atoms with van der Waals surface area (Å²) in [6.07, 6.45) is 3.03. The van der Waals surface area contributed by atoms with Crippen LogP contribution in [-0.4, -0.2) is 35.9 Å². The molecule has 2 N–H and O–H groups in total. The van der Waals surface area contributed by atoms with Crippen LogP contribution in [0, 0.1) is 6.92 Å². The highest BCUT2D eigenvalue weighted by atomic mass is 32.2. The monoisotopic (exact) mass is 346 g/mol. The SMILES string of the molecule is CCc1cccc(C)c1Nc1cc(NC2CCS(=O)(=O)C2)ncn1. The Bertz CT molecular complexity index is 836. The van der Waals surface area contributed by atoms with Crippen molar-refractivity contribution in [1.29, 1.82) is 0 Å². The molecule has 0 spiro atoms. The van der Waals surface area contributed by atoms with E-state index in [1.165, 1.54) is 11.9 Å². The summed E-state index contributed by atoms with van der Waals surface area (Å²) in [5, 5.41) is 6.56. The van der Waals surface area contributed by atoms with Gasteiger partial charge in [0.1, 0.15) is 18.0 Å². The minimum absolute atomic E-state index is 0.0811. The third kappa shape index (κ3) is 3.84. The van der Waals surface area contributed by atoms with E-state index < -0.39 is 9.84 Å². The van der Waals surface area contributed by atoms with Gasteiger partial charge < -0.3 is 10.6 Å². The first-order chi connectivity index (χ1) is 11.5. The molecule has 24 heavy (non-hydrogen) atoms. The van der Waals surface area contributed by atoms with Crippen LogP contribution in [0.4, 0.5) is 17.3 Å². The minimum Gasteiger partial charge on any atom is -0.366 e. The summed E-state index contributed by atoms with van der Waals surface area (Å²) in [7, 11) is -2.91. The van der Waals surface area contributed by atoms with E-state index in [-0.39, 0.29) is 17.5 Å². The Morgan fingerprint density at radius 3 is 2.75 bits per heavy atom. The molecule has 1 saturated heterocycles. The average Bonchev–Trinajstić information content (AvgIpc) is 2.88. The molecule has 1 aliphatic heterocycles. The number of nitrogens with zero attached hydrogens (tertiary/aromatic N) is 2. The van der Waals surface area contributed by atoms with Crippen molar-refractivity contribution in [2.45, 2.75) is 32.7 Å². The molecule has 7 heteroatoms. The number of nitrogens with one attached hydrogen (secondary N) is 2. The zero-order valence-corrected chi connectivity index (χ0v) is 14.7. The third-order valence-corrected chi connectivity index (χ3v) is 6.01. The van der Waals surface area contributed by atoms with Crippen molar-refractivity contribution in [3.05, 3.63) is 41.7 Å². The van der Waals surface area contributed by atoms with Gasteiger partial charge in [-0.05, 0) is 30.9 Å². The lowest BCUT2D eigenvalue weighted by atomic mass is 10.1. The summed E-state index contributed by atoms with van der Waals surface area (Å²) in [4.78, 5) is 8.47. The van der Waals surface area contributed by atoms with Crippen molar-refractivity contribution < 1.29 is 8.42 Å². The Balaban J connectivity index is 1.77. The van der Waals surface area contributed by atoms with Gasteiger partial charge in [0.05, 0.1) is 11.5 Å². The summed E-state index contributed by atoms with van der Waals surface area (Å²) in [5.41, 5.74) is 3.45. The van der Waals surface area contributed by atoms with Crippen LogP contribution in [0.5, 0.6) is 0 Å². The highest BCUT2D eigenvalue weighted by Crippen LogP contribution is 2.25. The fourth-order valence-electron chi connectivity index (χ4n) is 2.95. The lowest BCUT2D eigenvalue weighted by Crippen LogP contribution is -2.21. The molecular formula is C17H22N4O2S. The van der Waals surface area contributed by atoms with E-state index in [1.54, 1.807) is 0 Å². The van der Waals surface area contributed by atoms with Crippen LogP contribution in [0.25, 0.3) is 0 Å². The zero-order valence-electron chi connectivity index (χ0n) is 13.9. The molecule has 128 valence electrons. The number of benzene rings is 1. The topological polar surface area (TPSA) is 84.0 Å². The molecule has 0 amide bonds. The third-order valence-electron chi connectivity index (χ3n) is 4.24. The predicted octanol–water partition coefficient (Wildman–Crippen LogP) is 2.69. The first-order valence-electron chi connectivity index (χ1n) is 8.11. The molecule has 1 aliphatic rings. The van der Waals surface area contributed by atoms with Crippen molar-refractivity contribution in [2.75, 3.05) is 22.1 Å². The second-order valence-corrected chi connectivity index (χ2v) is 8.35. The molecule has 0 radical (unpaired) electrons. The summed E-state index contributed by atoms with van der Waals surface area (Å²) < 4.78 is 23.1. The van der Waals surface area contributed by atoms with E-state index in [2.05, 4.69) is 46.6 Å². The number of hydrogen-bond acceptors (Lipinski definition) is 6. The first kappa shape index (κ1) is 16.7. The number of anilines is 3. The average molecular weight is 346 g/mol. The Labute approximate surface area is 142 Å². The quantitative estimate of drug-likeness (QED) is 0.866. The molecular weight excluding hydrogens is 324 g/mol. The Morgan fingerprint density at radius 1 is 1.25 bits per heavy atom. The van der Waals surface area contributed by atoms with E-state index in [9.17, 15) is 8.42 Å². The number of aromatic nitrogens is 2. The van der Waals surface area contributed by atoms with Gasteiger partial charge in [0, 0.05) is 17.8 Å². The number of para-hydroxylation sites is 1. The zero-order chi connectivity index (χ0) is 17.2. The molecule has 0 saturated carbocycles. The van der Waals surface area contributed by atoms with Gasteiger partial charge in [-0.25, -0.2) is 18.4 Å². The second-order valence-electron chi connectivity index (χ2n) is 6.12. The van der Waals surface area contributed by atoms with E-state index in [0.29, 0.717) is 18.1 Å². The number of sulfone groups is 1. The van der Waals surface area contributed by atoms with Crippen LogP contribution in [0.2, 0.25) is 0 Å². The summed E-state index contributed by atoms with van der Waals surface area (Å²) in [6, 6.07) is 7.94. The first-order valence-corrected chi connectivity index (χ1v) is 9.93. The van der Waals surface area contributed by atoms with Crippen LogP contribution < -0.4 is 10.6 Å². The molecule has 1 aromatic heterocycles. The van der Waals surface area contributed by atoms with Crippen molar-refractivity contribution in [1.82, 2.24) is 9.97 Å². The predicted molar refractivity (Wildman–Crippen MR) is 96.6 cm³/mol. The molecule has 1 unspecified atom stereocenters. The molecule has 6 nitrogen and oxygen atoms in total. The van der Waals surface area contributed by atoms with E-state index >= 15 is 0 Å². The number of hydrogen-bond donors (Lipinski definition) is 2. The van der Waals surface area contributed by atoms with Crippen LogP contribution in [0.1, 0.15) is 24.5 Å². The fraction of sp³-hybridized carbons (Fsp3) is 0.412. The van der Waals surface area contributed by atoms with Crippen molar-refractivity contribution in [2.24, 2.45) is 0 Å². The van der Waals surface area contributed by atoms with Crippen molar-refractivity contribution in [3.63, 3.8) is 0 Å². The second kappa shape index (κ2) is 6.76. The summed E-state index contributed by atoms with van der Waals surface area (Å²) >= 11 is 0. The Morgan fingerprint density at radius 2 is 2.04 bits per heavy atom. The maximum absolute atomic E-state index is 11.6. The summed E-state index contributed by atoms with van der Waals surface area (Å²) in [5.74, 6) is 1.74. The molecule has 1 aromatic carbocycles. The Hall–Kier alpha value is -2.15. The van der Waals surface area contributed by atoms with E-state index in [0.717, 1.165) is 17.7 Å². The molecule has 3 rings (SSSR count). The van der Waals surface area contributed by atoms with Crippen LogP contribution in [0.3, 0.4) is 0 Å². The lowest BCUT2D eigenvalue weighted by molar-refractivity contribution is 0.602. The molecule has 2 heterocycles. The van der Waals surface area contributed by atoms with E-state index in [4.69, 9.17) is 0 Å². The molecule has 0 aliphatic carbocycles. The summed E-state index contributed by atoms with van der Waals surface area (Å²) in [6.45, 7) is 4.18. The van der Waals surface area contributed by atoms with Gasteiger partial charge in [-0.2, -0.15) is 0 Å². The molecule has 1 atom stereocenters. The standard InChI is InChI=1S/C17H22N4O2S/c1-3-13-6-4-5-12(2)17(13)21-16-9-15(18-11-19-16)20-14-7-8-24(22,23)10-14/h4-6,9,11,14H,3,7-8,10H2,1-2H3,(H2,18,19,20,21). The highest BCUT2D eigenvalue weighted by molar-refractivity contribution is 7.91. The van der Waals surface area contributed by atoms with Gasteiger partial charge >= 0.3 is 0 Å². The van der Waals surface area contributed by atoms with Crippen LogP contribution in [-0.2, 0) is 16.3 Å². The highest BCUT2D eigenvalue weighted by Gasteiger charge is 2.27. The smallest absolute Gasteiger partial charge is 0.152 e. The van der Waals surface area contributed by atoms with Crippen LogP contribution >= 0.6 is 0 Å². The lowest BCUT2D eigenvalue weighted by Gasteiger charge is -2.15.